The van der Waals surface area contributed by atoms with Crippen molar-refractivity contribution in [3.8, 4) is 0 Å². The Labute approximate surface area is 115 Å². The molecule has 2 N–H and O–H groups in total. The van der Waals surface area contributed by atoms with Crippen molar-refractivity contribution >= 4 is 10.9 Å². The van der Waals surface area contributed by atoms with Gasteiger partial charge in [0.2, 0.25) is 0 Å². The quantitative estimate of drug-likeness (QED) is 0.838. The van der Waals surface area contributed by atoms with Crippen LogP contribution in [0.25, 0.3) is 10.9 Å². The van der Waals surface area contributed by atoms with E-state index in [1.165, 1.54) is 16.5 Å². The summed E-state index contributed by atoms with van der Waals surface area (Å²) in [6, 6.07) is 8.41. The molecule has 1 atom stereocenters. The third-order valence-electron chi connectivity index (χ3n) is 3.42. The predicted molar refractivity (Wildman–Crippen MR) is 80.1 cm³/mol. The topological polar surface area (TPSA) is 37.2 Å². The molecule has 1 aromatic carbocycles. The SMILES string of the molecule is CC(C)CC(O)CNCc1cn(C)c2ccccc12. The van der Waals surface area contributed by atoms with E-state index < -0.39 is 0 Å². The molecule has 2 aromatic rings. The molecule has 3 heteroatoms. The molecular formula is C16H24N2O. The Morgan fingerprint density at radius 1 is 1.26 bits per heavy atom. The minimum Gasteiger partial charge on any atom is -0.392 e. The lowest BCUT2D eigenvalue weighted by atomic mass is 10.1. The number of nitrogens with one attached hydrogen (secondary N) is 1. The summed E-state index contributed by atoms with van der Waals surface area (Å²) in [6.45, 7) is 5.72. The Morgan fingerprint density at radius 2 is 2.00 bits per heavy atom. The molecule has 0 aliphatic carbocycles. The second-order valence-corrected chi connectivity index (χ2v) is 5.70. The average molecular weight is 260 g/mol. The first-order valence-electron chi connectivity index (χ1n) is 6.99. The van der Waals surface area contributed by atoms with E-state index in [0.717, 1.165) is 13.0 Å². The summed E-state index contributed by atoms with van der Waals surface area (Å²) in [4.78, 5) is 0. The van der Waals surface area contributed by atoms with E-state index in [0.29, 0.717) is 12.5 Å². The predicted octanol–water partition coefficient (Wildman–Crippen LogP) is 2.67. The number of aliphatic hydroxyl groups excluding tert-OH is 1. The van der Waals surface area contributed by atoms with Crippen LogP contribution in [-0.4, -0.2) is 22.3 Å². The number of fused-ring (bicyclic) bond motifs is 1. The van der Waals surface area contributed by atoms with Gasteiger partial charge in [-0.3, -0.25) is 0 Å². The van der Waals surface area contributed by atoms with Crippen LogP contribution in [0.2, 0.25) is 0 Å². The van der Waals surface area contributed by atoms with Crippen LogP contribution in [0.1, 0.15) is 25.8 Å². The highest BCUT2D eigenvalue weighted by Gasteiger charge is 2.08. The number of aliphatic hydroxyl groups is 1. The third-order valence-corrected chi connectivity index (χ3v) is 3.42. The van der Waals surface area contributed by atoms with Gasteiger partial charge < -0.3 is 15.0 Å². The van der Waals surface area contributed by atoms with Crippen LogP contribution >= 0.6 is 0 Å². The normalized spacial score (nSPS) is 13.3. The summed E-state index contributed by atoms with van der Waals surface area (Å²) in [6.07, 6.45) is 2.75. The van der Waals surface area contributed by atoms with Gasteiger partial charge in [-0.2, -0.15) is 0 Å². The molecule has 0 aliphatic rings. The van der Waals surface area contributed by atoms with Crippen molar-refractivity contribution in [2.24, 2.45) is 13.0 Å². The fourth-order valence-corrected chi connectivity index (χ4v) is 2.57. The molecule has 0 radical (unpaired) electrons. The van der Waals surface area contributed by atoms with Crippen LogP contribution in [0.5, 0.6) is 0 Å². The van der Waals surface area contributed by atoms with Gasteiger partial charge in [-0.05, 0) is 24.0 Å². The Bertz CT molecular complexity index is 531. The van der Waals surface area contributed by atoms with E-state index in [4.69, 9.17) is 0 Å². The van der Waals surface area contributed by atoms with Crippen LogP contribution in [0.4, 0.5) is 0 Å². The lowest BCUT2D eigenvalue weighted by Gasteiger charge is -2.13. The van der Waals surface area contributed by atoms with Crippen LogP contribution in [0.3, 0.4) is 0 Å². The third kappa shape index (κ3) is 3.58. The lowest BCUT2D eigenvalue weighted by molar-refractivity contribution is 0.146. The molecule has 0 spiro atoms. The number of hydrogen-bond donors (Lipinski definition) is 2. The smallest absolute Gasteiger partial charge is 0.0667 e. The van der Waals surface area contributed by atoms with Crippen molar-refractivity contribution in [1.29, 1.82) is 0 Å². The molecule has 0 bridgehead atoms. The minimum absolute atomic E-state index is 0.255. The first-order chi connectivity index (χ1) is 9.08. The summed E-state index contributed by atoms with van der Waals surface area (Å²) in [5.74, 6) is 0.536. The van der Waals surface area contributed by atoms with Gasteiger partial charge in [-0.25, -0.2) is 0 Å². The Hall–Kier alpha value is -1.32. The Balaban J connectivity index is 1.95. The van der Waals surface area contributed by atoms with Gasteiger partial charge in [0.15, 0.2) is 0 Å². The Morgan fingerprint density at radius 3 is 2.74 bits per heavy atom. The van der Waals surface area contributed by atoms with Gasteiger partial charge in [0.1, 0.15) is 0 Å². The summed E-state index contributed by atoms with van der Waals surface area (Å²) in [5, 5.41) is 14.5. The molecule has 2 rings (SSSR count). The number of aryl methyl sites for hydroxylation is 1. The van der Waals surface area contributed by atoms with E-state index in [2.05, 4.69) is 61.2 Å². The van der Waals surface area contributed by atoms with Crippen LogP contribution in [0.15, 0.2) is 30.5 Å². The second-order valence-electron chi connectivity index (χ2n) is 5.70. The van der Waals surface area contributed by atoms with E-state index in [9.17, 15) is 5.11 Å². The van der Waals surface area contributed by atoms with E-state index in [1.807, 2.05) is 0 Å². The second kappa shape index (κ2) is 6.22. The average Bonchev–Trinajstić information content (AvgIpc) is 2.66. The highest BCUT2D eigenvalue weighted by atomic mass is 16.3. The Kier molecular flexibility index (Phi) is 4.61. The van der Waals surface area contributed by atoms with Crippen molar-refractivity contribution in [1.82, 2.24) is 9.88 Å². The highest BCUT2D eigenvalue weighted by molar-refractivity contribution is 5.83. The van der Waals surface area contributed by atoms with E-state index in [1.54, 1.807) is 0 Å². The zero-order valence-electron chi connectivity index (χ0n) is 12.1. The number of rotatable bonds is 6. The fraction of sp³-hybridized carbons (Fsp3) is 0.500. The van der Waals surface area contributed by atoms with Crippen LogP contribution < -0.4 is 5.32 Å². The molecule has 1 aromatic heterocycles. The molecule has 1 unspecified atom stereocenters. The number of aromatic nitrogens is 1. The van der Waals surface area contributed by atoms with Crippen LogP contribution in [-0.2, 0) is 13.6 Å². The molecule has 0 fully saturated rings. The maximum Gasteiger partial charge on any atom is 0.0667 e. The number of nitrogens with zero attached hydrogens (tertiary/aromatic N) is 1. The zero-order chi connectivity index (χ0) is 13.8. The van der Waals surface area contributed by atoms with Crippen molar-refractivity contribution in [3.63, 3.8) is 0 Å². The summed E-state index contributed by atoms with van der Waals surface area (Å²) in [7, 11) is 2.07. The van der Waals surface area contributed by atoms with Gasteiger partial charge in [0, 0.05) is 37.2 Å². The fourth-order valence-electron chi connectivity index (χ4n) is 2.57. The molecule has 0 amide bonds. The van der Waals surface area contributed by atoms with E-state index >= 15 is 0 Å². The zero-order valence-corrected chi connectivity index (χ0v) is 12.1. The first kappa shape index (κ1) is 14.1. The molecule has 104 valence electrons. The molecule has 1 heterocycles. The van der Waals surface area contributed by atoms with Gasteiger partial charge >= 0.3 is 0 Å². The molecule has 0 aliphatic heterocycles. The first-order valence-corrected chi connectivity index (χ1v) is 6.99. The maximum atomic E-state index is 9.85. The largest absolute Gasteiger partial charge is 0.392 e. The van der Waals surface area contributed by atoms with Crippen molar-refractivity contribution in [2.75, 3.05) is 6.54 Å². The molecule has 19 heavy (non-hydrogen) atoms. The van der Waals surface area contributed by atoms with Gasteiger partial charge in [0.25, 0.3) is 0 Å². The van der Waals surface area contributed by atoms with Crippen molar-refractivity contribution < 1.29 is 5.11 Å². The van der Waals surface area contributed by atoms with E-state index in [-0.39, 0.29) is 6.10 Å². The highest BCUT2D eigenvalue weighted by Crippen LogP contribution is 2.19. The summed E-state index contributed by atoms with van der Waals surface area (Å²) >= 11 is 0. The maximum absolute atomic E-state index is 9.85. The molecule has 3 nitrogen and oxygen atoms in total. The van der Waals surface area contributed by atoms with Crippen LogP contribution in [0, 0.1) is 5.92 Å². The number of hydrogen-bond acceptors (Lipinski definition) is 2. The summed E-state index contributed by atoms with van der Waals surface area (Å²) in [5.41, 5.74) is 2.54. The minimum atomic E-state index is -0.255. The number of benzene rings is 1. The summed E-state index contributed by atoms with van der Waals surface area (Å²) < 4.78 is 2.15. The standard InChI is InChI=1S/C16H24N2O/c1-12(2)8-14(19)10-17-9-13-11-18(3)16-7-5-4-6-15(13)16/h4-7,11-12,14,17,19H,8-10H2,1-3H3. The molecule has 0 saturated carbocycles. The van der Waals surface area contributed by atoms with Gasteiger partial charge in [0.05, 0.1) is 6.10 Å². The monoisotopic (exact) mass is 260 g/mol. The van der Waals surface area contributed by atoms with Crippen molar-refractivity contribution in [3.05, 3.63) is 36.0 Å². The molecular weight excluding hydrogens is 236 g/mol. The van der Waals surface area contributed by atoms with Gasteiger partial charge in [-0.15, -0.1) is 0 Å². The van der Waals surface area contributed by atoms with Crippen molar-refractivity contribution in [2.45, 2.75) is 32.9 Å². The molecule has 0 saturated heterocycles. The van der Waals surface area contributed by atoms with Gasteiger partial charge in [-0.1, -0.05) is 32.0 Å². The lowest BCUT2D eigenvalue weighted by Crippen LogP contribution is -2.27. The number of para-hydroxylation sites is 1.